The van der Waals surface area contributed by atoms with Gasteiger partial charge in [0.15, 0.2) is 0 Å². The van der Waals surface area contributed by atoms with E-state index < -0.39 is 0 Å². The quantitative estimate of drug-likeness (QED) is 0.589. The molecule has 0 radical (unpaired) electrons. The van der Waals surface area contributed by atoms with E-state index >= 15 is 0 Å². The third-order valence-electron chi connectivity index (χ3n) is 3.13. The highest BCUT2D eigenvalue weighted by Gasteiger charge is 2.16. The third-order valence-corrected chi connectivity index (χ3v) is 3.13. The molecule has 1 unspecified atom stereocenters. The van der Waals surface area contributed by atoms with Crippen LogP contribution >= 0.6 is 0 Å². The van der Waals surface area contributed by atoms with E-state index in [4.69, 9.17) is 15.6 Å². The number of aromatic nitrogens is 1. The van der Waals surface area contributed by atoms with Crippen molar-refractivity contribution < 1.29 is 14.6 Å². The molecular formula is C14H19N3O3. The van der Waals surface area contributed by atoms with Crippen molar-refractivity contribution in [1.82, 2.24) is 10.3 Å². The van der Waals surface area contributed by atoms with Gasteiger partial charge in [-0.2, -0.15) is 0 Å². The number of hydrogen-bond donors (Lipinski definition) is 4. The highest BCUT2D eigenvalue weighted by Crippen LogP contribution is 2.20. The summed E-state index contributed by atoms with van der Waals surface area (Å²) in [6, 6.07) is 5.14. The first-order chi connectivity index (χ1) is 9.65. The van der Waals surface area contributed by atoms with Crippen LogP contribution in [0.15, 0.2) is 24.4 Å². The number of hydrogen-bond acceptors (Lipinski definition) is 4. The maximum Gasteiger partial charge on any atom is 0.253 e. The van der Waals surface area contributed by atoms with Crippen molar-refractivity contribution in [3.8, 4) is 0 Å². The topological polar surface area (TPSA) is 100 Å². The Hall–Kier alpha value is -2.05. The van der Waals surface area contributed by atoms with Gasteiger partial charge < -0.3 is 25.9 Å². The minimum Gasteiger partial charge on any atom is -0.399 e. The number of methoxy groups -OCH3 is 1. The number of nitrogens with one attached hydrogen (secondary N) is 2. The molecule has 6 nitrogen and oxygen atoms in total. The summed E-state index contributed by atoms with van der Waals surface area (Å²) in [4.78, 5) is 15.3. The van der Waals surface area contributed by atoms with Crippen LogP contribution in [-0.4, -0.2) is 42.4 Å². The number of carbonyl (C=O) groups is 1. The van der Waals surface area contributed by atoms with E-state index in [1.54, 1.807) is 25.4 Å². The van der Waals surface area contributed by atoms with E-state index in [9.17, 15) is 4.79 Å². The number of H-pyrrole nitrogens is 1. The normalized spacial score (nSPS) is 12.5. The fourth-order valence-electron chi connectivity index (χ4n) is 2.15. The minimum absolute atomic E-state index is 0.00127. The first-order valence-corrected chi connectivity index (χ1v) is 6.43. The van der Waals surface area contributed by atoms with Crippen molar-refractivity contribution in [2.24, 2.45) is 0 Å². The number of fused-ring (bicyclic) bond motifs is 1. The number of amides is 1. The van der Waals surface area contributed by atoms with Crippen molar-refractivity contribution in [3.63, 3.8) is 0 Å². The third kappa shape index (κ3) is 3.09. The summed E-state index contributed by atoms with van der Waals surface area (Å²) < 4.78 is 5.03. The Kier molecular flexibility index (Phi) is 4.60. The SMILES string of the molecule is COCC(CCO)NC(=O)c1c[nH]c2cc(N)ccc12. The zero-order valence-electron chi connectivity index (χ0n) is 11.3. The van der Waals surface area contributed by atoms with Gasteiger partial charge >= 0.3 is 0 Å². The molecule has 5 N–H and O–H groups in total. The fourth-order valence-corrected chi connectivity index (χ4v) is 2.15. The maximum absolute atomic E-state index is 12.3. The molecule has 0 bridgehead atoms. The van der Waals surface area contributed by atoms with Gasteiger partial charge in [-0.25, -0.2) is 0 Å². The van der Waals surface area contributed by atoms with Crippen LogP contribution in [0.2, 0.25) is 0 Å². The Bertz CT molecular complexity index is 588. The summed E-state index contributed by atoms with van der Waals surface area (Å²) in [7, 11) is 1.56. The number of anilines is 1. The number of nitrogen functional groups attached to an aromatic ring is 1. The molecule has 2 aromatic rings. The molecule has 0 saturated heterocycles. The second-order valence-electron chi connectivity index (χ2n) is 4.65. The number of aliphatic hydroxyl groups is 1. The second-order valence-corrected chi connectivity index (χ2v) is 4.65. The molecule has 0 saturated carbocycles. The number of carbonyl (C=O) groups excluding carboxylic acids is 1. The van der Waals surface area contributed by atoms with Gasteiger partial charge in [-0.05, 0) is 24.6 Å². The highest BCUT2D eigenvalue weighted by molar-refractivity contribution is 6.07. The number of nitrogens with two attached hydrogens (primary N) is 1. The van der Waals surface area contributed by atoms with Gasteiger partial charge in [-0.1, -0.05) is 0 Å². The predicted octanol–water partition coefficient (Wildman–Crippen LogP) is 0.877. The van der Waals surface area contributed by atoms with Crippen molar-refractivity contribution in [2.75, 3.05) is 26.1 Å². The van der Waals surface area contributed by atoms with Gasteiger partial charge in [0.25, 0.3) is 5.91 Å². The maximum atomic E-state index is 12.3. The number of benzene rings is 1. The van der Waals surface area contributed by atoms with Crippen molar-refractivity contribution >= 4 is 22.5 Å². The van der Waals surface area contributed by atoms with Crippen LogP contribution < -0.4 is 11.1 Å². The summed E-state index contributed by atoms with van der Waals surface area (Å²) in [5.74, 6) is -0.198. The largest absolute Gasteiger partial charge is 0.399 e. The Morgan fingerprint density at radius 3 is 3.05 bits per heavy atom. The Morgan fingerprint density at radius 1 is 1.55 bits per heavy atom. The monoisotopic (exact) mass is 277 g/mol. The predicted molar refractivity (Wildman–Crippen MR) is 77.5 cm³/mol. The molecule has 0 spiro atoms. The molecule has 1 atom stereocenters. The zero-order chi connectivity index (χ0) is 14.5. The average Bonchev–Trinajstić information content (AvgIpc) is 2.82. The number of aliphatic hydroxyl groups excluding tert-OH is 1. The van der Waals surface area contributed by atoms with Crippen LogP contribution in [0.3, 0.4) is 0 Å². The summed E-state index contributed by atoms with van der Waals surface area (Å²) in [6.07, 6.45) is 2.11. The second kappa shape index (κ2) is 6.40. The Labute approximate surface area is 116 Å². The molecule has 0 fully saturated rings. The first kappa shape index (κ1) is 14.4. The zero-order valence-corrected chi connectivity index (χ0v) is 11.3. The fraction of sp³-hybridized carbons (Fsp3) is 0.357. The lowest BCUT2D eigenvalue weighted by Gasteiger charge is -2.16. The van der Waals surface area contributed by atoms with E-state index in [1.165, 1.54) is 0 Å². The number of ether oxygens (including phenoxy) is 1. The van der Waals surface area contributed by atoms with Crippen LogP contribution in [0.4, 0.5) is 5.69 Å². The summed E-state index contributed by atoms with van der Waals surface area (Å²) in [5.41, 5.74) is 7.72. The van der Waals surface area contributed by atoms with E-state index in [2.05, 4.69) is 10.3 Å². The molecule has 1 aromatic carbocycles. The molecule has 0 aliphatic carbocycles. The average molecular weight is 277 g/mol. The Balaban J connectivity index is 2.18. The van der Waals surface area contributed by atoms with Gasteiger partial charge in [0.05, 0.1) is 18.2 Å². The minimum atomic E-state index is -0.212. The van der Waals surface area contributed by atoms with Crippen molar-refractivity contribution in [3.05, 3.63) is 30.0 Å². The first-order valence-electron chi connectivity index (χ1n) is 6.43. The molecule has 0 aliphatic rings. The molecule has 20 heavy (non-hydrogen) atoms. The molecule has 0 aliphatic heterocycles. The summed E-state index contributed by atoms with van der Waals surface area (Å²) in [6.45, 7) is 0.361. The standard InChI is InChI=1S/C14H19N3O3/c1-20-8-10(4-5-18)17-14(19)12-7-16-13-6-9(15)2-3-11(12)13/h2-3,6-7,10,16,18H,4-5,8,15H2,1H3,(H,17,19). The van der Waals surface area contributed by atoms with Gasteiger partial charge in [-0.3, -0.25) is 4.79 Å². The molecule has 2 rings (SSSR count). The van der Waals surface area contributed by atoms with E-state index in [0.29, 0.717) is 24.3 Å². The lowest BCUT2D eigenvalue weighted by Crippen LogP contribution is -2.38. The molecule has 6 heteroatoms. The van der Waals surface area contributed by atoms with Crippen LogP contribution in [0.25, 0.3) is 10.9 Å². The smallest absolute Gasteiger partial charge is 0.253 e. The van der Waals surface area contributed by atoms with Crippen molar-refractivity contribution in [1.29, 1.82) is 0 Å². The van der Waals surface area contributed by atoms with E-state index in [-0.39, 0.29) is 18.6 Å². The van der Waals surface area contributed by atoms with E-state index in [0.717, 1.165) is 10.9 Å². The van der Waals surface area contributed by atoms with Gasteiger partial charge in [-0.15, -0.1) is 0 Å². The lowest BCUT2D eigenvalue weighted by atomic mass is 10.1. The number of aromatic amines is 1. The molecule has 1 amide bonds. The number of rotatable bonds is 6. The van der Waals surface area contributed by atoms with Crippen LogP contribution in [0.5, 0.6) is 0 Å². The molecule has 1 heterocycles. The summed E-state index contributed by atoms with van der Waals surface area (Å²) in [5, 5.41) is 12.7. The van der Waals surface area contributed by atoms with Gasteiger partial charge in [0.2, 0.25) is 0 Å². The lowest BCUT2D eigenvalue weighted by molar-refractivity contribution is 0.0880. The highest BCUT2D eigenvalue weighted by atomic mass is 16.5. The molecule has 108 valence electrons. The van der Waals surface area contributed by atoms with Crippen LogP contribution in [0.1, 0.15) is 16.8 Å². The summed E-state index contributed by atoms with van der Waals surface area (Å²) >= 11 is 0. The van der Waals surface area contributed by atoms with Gasteiger partial charge in [0.1, 0.15) is 0 Å². The van der Waals surface area contributed by atoms with Crippen molar-refractivity contribution in [2.45, 2.75) is 12.5 Å². The van der Waals surface area contributed by atoms with E-state index in [1.807, 2.05) is 6.07 Å². The molecule has 1 aromatic heterocycles. The van der Waals surface area contributed by atoms with Crippen LogP contribution in [-0.2, 0) is 4.74 Å². The Morgan fingerprint density at radius 2 is 2.35 bits per heavy atom. The van der Waals surface area contributed by atoms with Crippen LogP contribution in [0, 0.1) is 0 Å². The van der Waals surface area contributed by atoms with Gasteiger partial charge in [0, 0.05) is 36.5 Å². The molecular weight excluding hydrogens is 258 g/mol.